The second-order valence-corrected chi connectivity index (χ2v) is 7.77. The van der Waals surface area contributed by atoms with Gasteiger partial charge in [-0.3, -0.25) is 0 Å². The first kappa shape index (κ1) is 16.8. The van der Waals surface area contributed by atoms with Gasteiger partial charge in [-0.25, -0.2) is 0 Å². The van der Waals surface area contributed by atoms with Gasteiger partial charge in [0.05, 0.1) is 5.60 Å². The SMILES string of the molecule is CC(C)CC(C)(O)CNS(=O)(=O)NC(C)(C)C. The summed E-state index contributed by atoms with van der Waals surface area (Å²) in [6.45, 7) is 10.9. The average Bonchev–Trinajstić information content (AvgIpc) is 1.94. The first-order valence-electron chi connectivity index (χ1n) is 5.84. The topological polar surface area (TPSA) is 78.4 Å². The second kappa shape index (κ2) is 5.65. The molecule has 0 bridgehead atoms. The van der Waals surface area contributed by atoms with Crippen LogP contribution in [0.15, 0.2) is 0 Å². The molecule has 0 aliphatic rings. The van der Waals surface area contributed by atoms with E-state index in [0.717, 1.165) is 0 Å². The van der Waals surface area contributed by atoms with Gasteiger partial charge in [0.1, 0.15) is 0 Å². The van der Waals surface area contributed by atoms with Crippen LogP contribution in [0.4, 0.5) is 0 Å². The molecule has 0 amide bonds. The lowest BCUT2D eigenvalue weighted by atomic mass is 9.95. The van der Waals surface area contributed by atoms with Gasteiger partial charge in [-0.1, -0.05) is 13.8 Å². The summed E-state index contributed by atoms with van der Waals surface area (Å²) in [6.07, 6.45) is 0.547. The lowest BCUT2D eigenvalue weighted by Crippen LogP contribution is -2.50. The molecule has 0 rings (SSSR count). The van der Waals surface area contributed by atoms with Gasteiger partial charge in [0.15, 0.2) is 0 Å². The monoisotopic (exact) mass is 266 g/mol. The van der Waals surface area contributed by atoms with Crippen LogP contribution in [-0.4, -0.2) is 31.2 Å². The zero-order valence-corrected chi connectivity index (χ0v) is 12.5. The van der Waals surface area contributed by atoms with Crippen molar-refractivity contribution in [1.82, 2.24) is 9.44 Å². The summed E-state index contributed by atoms with van der Waals surface area (Å²) in [5, 5.41) is 9.99. The Labute approximate surface area is 105 Å². The molecule has 1 atom stereocenters. The summed E-state index contributed by atoms with van der Waals surface area (Å²) < 4.78 is 28.1. The quantitative estimate of drug-likeness (QED) is 0.671. The number of hydrogen-bond donors (Lipinski definition) is 3. The molecule has 104 valence electrons. The van der Waals surface area contributed by atoms with Crippen LogP contribution in [0.2, 0.25) is 0 Å². The highest BCUT2D eigenvalue weighted by atomic mass is 32.2. The van der Waals surface area contributed by atoms with Crippen molar-refractivity contribution in [3.8, 4) is 0 Å². The Kier molecular flexibility index (Phi) is 5.59. The molecular weight excluding hydrogens is 240 g/mol. The molecule has 0 spiro atoms. The lowest BCUT2D eigenvalue weighted by Gasteiger charge is -2.27. The third-order valence-corrected chi connectivity index (χ3v) is 3.34. The molecular formula is C11H26N2O3S. The van der Waals surface area contributed by atoms with E-state index in [1.165, 1.54) is 0 Å². The minimum absolute atomic E-state index is 0.0105. The highest BCUT2D eigenvalue weighted by molar-refractivity contribution is 7.87. The maximum Gasteiger partial charge on any atom is 0.277 e. The van der Waals surface area contributed by atoms with E-state index in [1.54, 1.807) is 27.7 Å². The maximum absolute atomic E-state index is 11.6. The van der Waals surface area contributed by atoms with Crippen molar-refractivity contribution < 1.29 is 13.5 Å². The van der Waals surface area contributed by atoms with Crippen molar-refractivity contribution in [1.29, 1.82) is 0 Å². The fourth-order valence-corrected chi connectivity index (χ4v) is 3.02. The Morgan fingerprint density at radius 2 is 1.65 bits per heavy atom. The van der Waals surface area contributed by atoms with Gasteiger partial charge < -0.3 is 5.11 Å². The second-order valence-electron chi connectivity index (χ2n) is 6.27. The van der Waals surface area contributed by atoms with E-state index in [-0.39, 0.29) is 6.54 Å². The number of hydrogen-bond acceptors (Lipinski definition) is 3. The Bertz CT molecular complexity index is 329. The van der Waals surface area contributed by atoms with Gasteiger partial charge in [0.2, 0.25) is 0 Å². The van der Waals surface area contributed by atoms with E-state index in [2.05, 4.69) is 9.44 Å². The highest BCUT2D eigenvalue weighted by Gasteiger charge is 2.26. The predicted octanol–water partition coefficient (Wildman–Crippen LogP) is 1.01. The largest absolute Gasteiger partial charge is 0.389 e. The number of aliphatic hydroxyl groups is 1. The normalized spacial score (nSPS) is 17.2. The highest BCUT2D eigenvalue weighted by Crippen LogP contribution is 2.15. The Morgan fingerprint density at radius 3 is 2.00 bits per heavy atom. The van der Waals surface area contributed by atoms with Crippen molar-refractivity contribution in [2.45, 2.75) is 59.1 Å². The standard InChI is InChI=1S/C11H26N2O3S/c1-9(2)7-11(6,14)8-12-17(15,16)13-10(3,4)5/h9,12-14H,7-8H2,1-6H3. The van der Waals surface area contributed by atoms with Crippen molar-refractivity contribution in [2.75, 3.05) is 6.54 Å². The number of rotatable bonds is 6. The smallest absolute Gasteiger partial charge is 0.277 e. The average molecular weight is 266 g/mol. The van der Waals surface area contributed by atoms with Crippen LogP contribution in [-0.2, 0) is 10.2 Å². The van der Waals surface area contributed by atoms with Gasteiger partial charge in [0.25, 0.3) is 10.2 Å². The van der Waals surface area contributed by atoms with Gasteiger partial charge in [-0.15, -0.1) is 0 Å². The van der Waals surface area contributed by atoms with Crippen LogP contribution in [0.25, 0.3) is 0 Å². The molecule has 0 aromatic carbocycles. The summed E-state index contributed by atoms with van der Waals surface area (Å²) >= 11 is 0. The zero-order chi connectivity index (χ0) is 13.9. The lowest BCUT2D eigenvalue weighted by molar-refractivity contribution is 0.0435. The zero-order valence-electron chi connectivity index (χ0n) is 11.7. The molecule has 0 saturated heterocycles. The van der Waals surface area contributed by atoms with Crippen LogP contribution >= 0.6 is 0 Å². The van der Waals surface area contributed by atoms with E-state index >= 15 is 0 Å². The third kappa shape index (κ3) is 9.52. The molecule has 0 radical (unpaired) electrons. The van der Waals surface area contributed by atoms with Gasteiger partial charge in [-0.05, 0) is 40.0 Å². The summed E-state index contributed by atoms with van der Waals surface area (Å²) in [5.41, 5.74) is -1.56. The molecule has 0 saturated carbocycles. The summed E-state index contributed by atoms with van der Waals surface area (Å²) in [7, 11) is -3.57. The maximum atomic E-state index is 11.6. The Balaban J connectivity index is 4.37. The summed E-state index contributed by atoms with van der Waals surface area (Å²) in [4.78, 5) is 0. The molecule has 0 aliphatic heterocycles. The van der Waals surface area contributed by atoms with Crippen LogP contribution in [0, 0.1) is 5.92 Å². The molecule has 0 fully saturated rings. The van der Waals surface area contributed by atoms with Crippen molar-refractivity contribution >= 4 is 10.2 Å². The summed E-state index contributed by atoms with van der Waals surface area (Å²) in [6, 6.07) is 0. The third-order valence-electron chi connectivity index (χ3n) is 1.93. The molecule has 0 aliphatic carbocycles. The van der Waals surface area contributed by atoms with E-state index < -0.39 is 21.3 Å². The molecule has 3 N–H and O–H groups in total. The van der Waals surface area contributed by atoms with Crippen molar-refractivity contribution in [2.24, 2.45) is 5.92 Å². The fraction of sp³-hybridized carbons (Fsp3) is 1.00. The number of nitrogens with one attached hydrogen (secondary N) is 2. The summed E-state index contributed by atoms with van der Waals surface area (Å²) in [5.74, 6) is 0.310. The van der Waals surface area contributed by atoms with Gasteiger partial charge in [-0.2, -0.15) is 17.9 Å². The van der Waals surface area contributed by atoms with E-state index in [4.69, 9.17) is 0 Å². The molecule has 17 heavy (non-hydrogen) atoms. The molecule has 6 heteroatoms. The minimum Gasteiger partial charge on any atom is -0.389 e. The van der Waals surface area contributed by atoms with Crippen LogP contribution in [0.5, 0.6) is 0 Å². The molecule has 0 heterocycles. The Hall–Kier alpha value is -0.170. The van der Waals surface area contributed by atoms with Crippen LogP contribution in [0.1, 0.15) is 48.0 Å². The van der Waals surface area contributed by atoms with Crippen molar-refractivity contribution in [3.05, 3.63) is 0 Å². The van der Waals surface area contributed by atoms with Crippen LogP contribution in [0.3, 0.4) is 0 Å². The van der Waals surface area contributed by atoms with E-state index in [1.807, 2.05) is 13.8 Å². The van der Waals surface area contributed by atoms with E-state index in [9.17, 15) is 13.5 Å². The molecule has 5 nitrogen and oxygen atoms in total. The van der Waals surface area contributed by atoms with Crippen molar-refractivity contribution in [3.63, 3.8) is 0 Å². The van der Waals surface area contributed by atoms with E-state index in [0.29, 0.717) is 12.3 Å². The first-order valence-corrected chi connectivity index (χ1v) is 7.32. The van der Waals surface area contributed by atoms with Gasteiger partial charge >= 0.3 is 0 Å². The first-order chi connectivity index (χ1) is 7.33. The molecule has 1 unspecified atom stereocenters. The van der Waals surface area contributed by atoms with Gasteiger partial charge in [0, 0.05) is 12.1 Å². The molecule has 0 aromatic rings. The fourth-order valence-electron chi connectivity index (χ4n) is 1.64. The molecule has 0 aromatic heterocycles. The predicted molar refractivity (Wildman–Crippen MR) is 69.9 cm³/mol. The Morgan fingerprint density at radius 1 is 1.18 bits per heavy atom. The minimum atomic E-state index is -3.57. The van der Waals surface area contributed by atoms with Crippen LogP contribution < -0.4 is 9.44 Å².